The highest BCUT2D eigenvalue weighted by Gasteiger charge is 2.05. The minimum Gasteiger partial charge on any atom is -0.348 e. The van der Waals surface area contributed by atoms with Crippen molar-refractivity contribution in [3.05, 3.63) is 5.38 Å². The number of aromatic nitrogens is 2. The average Bonchev–Trinajstić information content (AvgIpc) is 2.12. The van der Waals surface area contributed by atoms with Crippen LogP contribution < -0.4 is 9.32 Å². The van der Waals surface area contributed by atoms with Gasteiger partial charge in [-0.05, 0) is 11.5 Å². The molecule has 0 saturated carbocycles. The van der Waals surface area contributed by atoms with Crippen LogP contribution in [0.2, 0.25) is 0 Å². The van der Waals surface area contributed by atoms with E-state index >= 15 is 0 Å². The van der Waals surface area contributed by atoms with Crippen LogP contribution in [-0.4, -0.2) is 18.0 Å². The molecule has 0 fully saturated rings. The summed E-state index contributed by atoms with van der Waals surface area (Å²) >= 11 is 0.974. The topological polar surface area (TPSA) is 95.2 Å². The molecule has 0 aromatic carbocycles. The largest absolute Gasteiger partial charge is 0.381 e. The SMILES string of the molecule is NS(=O)(=O)Oc1csnn1. The van der Waals surface area contributed by atoms with Crippen molar-refractivity contribution in [1.29, 1.82) is 0 Å². The van der Waals surface area contributed by atoms with E-state index in [1.165, 1.54) is 5.38 Å². The van der Waals surface area contributed by atoms with Crippen molar-refractivity contribution in [2.75, 3.05) is 0 Å². The van der Waals surface area contributed by atoms with Crippen molar-refractivity contribution >= 4 is 21.8 Å². The minimum absolute atomic E-state index is 0.104. The van der Waals surface area contributed by atoms with E-state index in [0.717, 1.165) is 11.5 Å². The van der Waals surface area contributed by atoms with Gasteiger partial charge in [-0.25, -0.2) is 0 Å². The van der Waals surface area contributed by atoms with Crippen molar-refractivity contribution < 1.29 is 12.6 Å². The fraction of sp³-hybridized carbons (Fsp3) is 0. The van der Waals surface area contributed by atoms with E-state index in [0.29, 0.717) is 0 Å². The maximum Gasteiger partial charge on any atom is 0.381 e. The summed E-state index contributed by atoms with van der Waals surface area (Å²) in [5.41, 5.74) is 0. The van der Waals surface area contributed by atoms with Crippen LogP contribution >= 0.6 is 11.5 Å². The van der Waals surface area contributed by atoms with Crippen LogP contribution in [0.5, 0.6) is 5.88 Å². The summed E-state index contributed by atoms with van der Waals surface area (Å²) in [6, 6.07) is 0. The van der Waals surface area contributed by atoms with Crippen molar-refractivity contribution in [2.24, 2.45) is 5.14 Å². The average molecular weight is 181 g/mol. The first-order valence-electron chi connectivity index (χ1n) is 2.07. The molecule has 0 aliphatic heterocycles. The monoisotopic (exact) mass is 181 g/mol. The van der Waals surface area contributed by atoms with Crippen LogP contribution in [0, 0.1) is 0 Å². The molecule has 0 aliphatic rings. The highest BCUT2D eigenvalue weighted by molar-refractivity contribution is 7.84. The zero-order valence-electron chi connectivity index (χ0n) is 4.59. The Bertz CT molecular complexity index is 290. The lowest BCUT2D eigenvalue weighted by molar-refractivity contribution is 0.477. The smallest absolute Gasteiger partial charge is 0.348 e. The minimum atomic E-state index is -3.94. The second-order valence-corrected chi connectivity index (χ2v) is 3.08. The third kappa shape index (κ3) is 2.25. The van der Waals surface area contributed by atoms with E-state index in [2.05, 4.69) is 18.9 Å². The van der Waals surface area contributed by atoms with Crippen LogP contribution in [0.25, 0.3) is 0 Å². The van der Waals surface area contributed by atoms with Crippen molar-refractivity contribution in [1.82, 2.24) is 9.59 Å². The number of rotatable bonds is 2. The first kappa shape index (κ1) is 7.38. The second kappa shape index (κ2) is 2.48. The van der Waals surface area contributed by atoms with Crippen LogP contribution in [0.4, 0.5) is 0 Å². The molecule has 6 nitrogen and oxygen atoms in total. The van der Waals surface area contributed by atoms with Gasteiger partial charge in [0.1, 0.15) is 0 Å². The van der Waals surface area contributed by atoms with E-state index < -0.39 is 10.3 Å². The molecule has 0 amide bonds. The Kier molecular flexibility index (Phi) is 1.83. The molecule has 0 unspecified atom stereocenters. The van der Waals surface area contributed by atoms with Gasteiger partial charge in [0.2, 0.25) is 0 Å². The molecule has 0 radical (unpaired) electrons. The standard InChI is InChI=1S/C2H3N3O3S2/c3-10(6,7)8-2-1-9-5-4-2/h1H,(H2,3,6,7). The molecule has 8 heteroatoms. The molecular formula is C2H3N3O3S2. The number of nitrogens with zero attached hydrogens (tertiary/aromatic N) is 2. The molecule has 56 valence electrons. The van der Waals surface area contributed by atoms with Gasteiger partial charge in [-0.3, -0.25) is 0 Å². The summed E-state index contributed by atoms with van der Waals surface area (Å²) in [6.45, 7) is 0. The highest BCUT2D eigenvalue weighted by Crippen LogP contribution is 2.07. The van der Waals surface area contributed by atoms with Crippen molar-refractivity contribution in [3.63, 3.8) is 0 Å². The fourth-order valence-electron chi connectivity index (χ4n) is 0.311. The Balaban J connectivity index is 2.75. The molecule has 2 N–H and O–H groups in total. The Morgan fingerprint density at radius 2 is 2.40 bits per heavy atom. The van der Waals surface area contributed by atoms with Gasteiger partial charge in [-0.2, -0.15) is 13.6 Å². The van der Waals surface area contributed by atoms with Crippen LogP contribution in [0.3, 0.4) is 0 Å². The first-order chi connectivity index (χ1) is 4.58. The predicted molar refractivity (Wildman–Crippen MR) is 33.6 cm³/mol. The Hall–Kier alpha value is -0.730. The molecule has 0 saturated heterocycles. The molecule has 1 heterocycles. The van der Waals surface area contributed by atoms with Crippen molar-refractivity contribution in [3.8, 4) is 5.88 Å². The third-order valence-corrected chi connectivity index (χ3v) is 1.43. The zero-order valence-corrected chi connectivity index (χ0v) is 6.22. The van der Waals surface area contributed by atoms with Gasteiger partial charge < -0.3 is 4.18 Å². The van der Waals surface area contributed by atoms with Crippen LogP contribution in [0.1, 0.15) is 0 Å². The van der Waals surface area contributed by atoms with E-state index in [-0.39, 0.29) is 5.88 Å². The van der Waals surface area contributed by atoms with Gasteiger partial charge >= 0.3 is 10.3 Å². The molecule has 0 spiro atoms. The predicted octanol–water partition coefficient (Wildman–Crippen LogP) is -0.880. The molecular weight excluding hydrogens is 178 g/mol. The molecule has 0 bridgehead atoms. The van der Waals surface area contributed by atoms with Gasteiger partial charge in [-0.15, -0.1) is 0 Å². The van der Waals surface area contributed by atoms with Crippen LogP contribution in [-0.2, 0) is 10.3 Å². The molecule has 10 heavy (non-hydrogen) atoms. The second-order valence-electron chi connectivity index (χ2n) is 1.32. The summed E-state index contributed by atoms with van der Waals surface area (Å²) in [4.78, 5) is 0. The van der Waals surface area contributed by atoms with Gasteiger partial charge in [0.05, 0.1) is 5.38 Å². The normalized spacial score (nSPS) is 11.3. The molecule has 1 rings (SSSR count). The van der Waals surface area contributed by atoms with E-state index in [9.17, 15) is 8.42 Å². The fourth-order valence-corrected chi connectivity index (χ4v) is 1.05. The summed E-state index contributed by atoms with van der Waals surface area (Å²) in [7, 11) is -3.94. The van der Waals surface area contributed by atoms with E-state index in [4.69, 9.17) is 0 Å². The maximum atomic E-state index is 10.2. The molecule has 0 atom stereocenters. The molecule has 1 aromatic rings. The first-order valence-corrected chi connectivity index (χ1v) is 4.38. The third-order valence-electron chi connectivity index (χ3n) is 0.542. The van der Waals surface area contributed by atoms with E-state index in [1.807, 2.05) is 0 Å². The molecule has 1 aromatic heterocycles. The quantitative estimate of drug-likeness (QED) is 0.639. The highest BCUT2D eigenvalue weighted by atomic mass is 32.2. The summed E-state index contributed by atoms with van der Waals surface area (Å²) in [5, 5.41) is 9.13. The van der Waals surface area contributed by atoms with Crippen LogP contribution in [0.15, 0.2) is 5.38 Å². The van der Waals surface area contributed by atoms with Gasteiger partial charge in [0, 0.05) is 0 Å². The lowest BCUT2D eigenvalue weighted by atomic mass is 10.9. The van der Waals surface area contributed by atoms with Gasteiger partial charge in [0.15, 0.2) is 0 Å². The van der Waals surface area contributed by atoms with Gasteiger partial charge in [0.25, 0.3) is 5.88 Å². The van der Waals surface area contributed by atoms with E-state index in [1.54, 1.807) is 0 Å². The molecule has 0 aliphatic carbocycles. The Labute approximate surface area is 61.0 Å². The number of hydrogen-bond donors (Lipinski definition) is 1. The lowest BCUT2D eigenvalue weighted by Crippen LogP contribution is -2.19. The zero-order chi connectivity index (χ0) is 7.61. The Morgan fingerprint density at radius 3 is 2.80 bits per heavy atom. The summed E-state index contributed by atoms with van der Waals surface area (Å²) in [6.07, 6.45) is 0. The summed E-state index contributed by atoms with van der Waals surface area (Å²) < 4.78 is 27.9. The summed E-state index contributed by atoms with van der Waals surface area (Å²) in [5.74, 6) is -0.104. The van der Waals surface area contributed by atoms with Crippen molar-refractivity contribution in [2.45, 2.75) is 0 Å². The Morgan fingerprint density at radius 1 is 1.70 bits per heavy atom. The number of hydrogen-bond acceptors (Lipinski definition) is 6. The lowest BCUT2D eigenvalue weighted by Gasteiger charge is -1.93. The number of nitrogens with two attached hydrogens (primary N) is 1. The van der Waals surface area contributed by atoms with Gasteiger partial charge in [-0.1, -0.05) is 9.59 Å². The maximum absolute atomic E-state index is 10.2.